The summed E-state index contributed by atoms with van der Waals surface area (Å²) < 4.78 is 8.19. The summed E-state index contributed by atoms with van der Waals surface area (Å²) in [4.78, 5) is 4.45. The first-order chi connectivity index (χ1) is 9.36. The van der Waals surface area contributed by atoms with Crippen LogP contribution in [-0.2, 0) is 7.05 Å². The number of hydrogen-bond acceptors (Lipinski definition) is 3. The van der Waals surface area contributed by atoms with Crippen molar-refractivity contribution in [3.63, 3.8) is 0 Å². The van der Waals surface area contributed by atoms with Gasteiger partial charge in [-0.1, -0.05) is 13.8 Å². The topological polar surface area (TPSA) is 53.1 Å². The highest BCUT2D eigenvalue weighted by molar-refractivity contribution is 9.10. The van der Waals surface area contributed by atoms with Crippen LogP contribution in [0.2, 0.25) is 0 Å². The molecule has 20 heavy (non-hydrogen) atoms. The second-order valence-electron chi connectivity index (χ2n) is 5.23. The van der Waals surface area contributed by atoms with Crippen molar-refractivity contribution in [3.8, 4) is 17.0 Å². The lowest BCUT2D eigenvalue weighted by Gasteiger charge is -2.15. The Morgan fingerprint density at radius 3 is 2.45 bits per heavy atom. The third-order valence-corrected chi connectivity index (χ3v) is 4.42. The van der Waals surface area contributed by atoms with Gasteiger partial charge in [0.2, 0.25) is 5.95 Å². The molecular weight excluding hydrogens is 318 g/mol. The first-order valence-corrected chi connectivity index (χ1v) is 7.32. The van der Waals surface area contributed by atoms with Crippen molar-refractivity contribution in [2.24, 2.45) is 7.05 Å². The molecule has 0 bridgehead atoms. The number of halogens is 1. The zero-order chi connectivity index (χ0) is 15.0. The molecular formula is C15H20BrN3O. The highest BCUT2D eigenvalue weighted by Gasteiger charge is 2.18. The molecule has 4 nitrogen and oxygen atoms in total. The van der Waals surface area contributed by atoms with Gasteiger partial charge < -0.3 is 15.0 Å². The Kier molecular flexibility index (Phi) is 4.09. The lowest BCUT2D eigenvalue weighted by Crippen LogP contribution is -1.97. The third kappa shape index (κ3) is 2.42. The normalized spacial score (nSPS) is 11.2. The largest absolute Gasteiger partial charge is 0.496 e. The molecule has 0 amide bonds. The Hall–Kier alpha value is -1.49. The highest BCUT2D eigenvalue weighted by atomic mass is 79.9. The second kappa shape index (κ2) is 5.48. The summed E-state index contributed by atoms with van der Waals surface area (Å²) in [5.74, 6) is 1.79. The summed E-state index contributed by atoms with van der Waals surface area (Å²) in [6, 6.07) is 4.20. The fourth-order valence-electron chi connectivity index (χ4n) is 2.25. The van der Waals surface area contributed by atoms with Crippen molar-refractivity contribution in [3.05, 3.63) is 27.9 Å². The van der Waals surface area contributed by atoms with Crippen LogP contribution in [0.5, 0.6) is 5.75 Å². The molecule has 0 atom stereocenters. The van der Waals surface area contributed by atoms with Crippen LogP contribution in [0.4, 0.5) is 5.95 Å². The summed E-state index contributed by atoms with van der Waals surface area (Å²) in [6.07, 6.45) is 0. The molecule has 1 aromatic heterocycles. The van der Waals surface area contributed by atoms with Crippen LogP contribution in [0.15, 0.2) is 16.7 Å². The molecule has 2 N–H and O–H groups in total. The number of anilines is 1. The van der Waals surface area contributed by atoms with E-state index in [1.54, 1.807) is 7.11 Å². The number of benzene rings is 1. The SMILES string of the molecule is COc1cc(C)c(-c2nc(N)n(C)c2Br)cc1C(C)C. The number of aromatic nitrogens is 2. The van der Waals surface area contributed by atoms with Gasteiger partial charge in [0, 0.05) is 12.6 Å². The molecule has 0 spiro atoms. The number of nitrogens with zero attached hydrogens (tertiary/aromatic N) is 2. The summed E-state index contributed by atoms with van der Waals surface area (Å²) in [7, 11) is 3.59. The van der Waals surface area contributed by atoms with Gasteiger partial charge in [0.05, 0.1) is 7.11 Å². The number of methoxy groups -OCH3 is 1. The molecule has 0 fully saturated rings. The molecule has 1 heterocycles. The lowest BCUT2D eigenvalue weighted by molar-refractivity contribution is 0.407. The summed E-state index contributed by atoms with van der Waals surface area (Å²) in [5, 5.41) is 0. The molecule has 0 unspecified atom stereocenters. The van der Waals surface area contributed by atoms with Gasteiger partial charge in [-0.25, -0.2) is 4.98 Å². The van der Waals surface area contributed by atoms with E-state index in [1.807, 2.05) is 11.6 Å². The molecule has 2 rings (SSSR count). The van der Waals surface area contributed by atoms with E-state index in [9.17, 15) is 0 Å². The van der Waals surface area contributed by atoms with Crippen molar-refractivity contribution in [1.82, 2.24) is 9.55 Å². The number of rotatable bonds is 3. The minimum Gasteiger partial charge on any atom is -0.496 e. The first-order valence-electron chi connectivity index (χ1n) is 6.53. The predicted octanol–water partition coefficient (Wildman–Crippen LogP) is 3.87. The minimum atomic E-state index is 0.379. The number of imidazole rings is 1. The average molecular weight is 338 g/mol. The van der Waals surface area contributed by atoms with E-state index >= 15 is 0 Å². The molecule has 0 saturated carbocycles. The van der Waals surface area contributed by atoms with Gasteiger partial charge in [0.25, 0.3) is 0 Å². The quantitative estimate of drug-likeness (QED) is 0.924. The summed E-state index contributed by atoms with van der Waals surface area (Å²) in [6.45, 7) is 6.36. The van der Waals surface area contributed by atoms with Gasteiger partial charge in [-0.15, -0.1) is 0 Å². The van der Waals surface area contributed by atoms with Crippen molar-refractivity contribution >= 4 is 21.9 Å². The number of hydrogen-bond donors (Lipinski definition) is 1. The molecule has 2 aromatic rings. The van der Waals surface area contributed by atoms with Gasteiger partial charge in [0.1, 0.15) is 16.0 Å². The molecule has 108 valence electrons. The average Bonchev–Trinajstić information content (AvgIpc) is 2.65. The van der Waals surface area contributed by atoms with Crippen molar-refractivity contribution in [1.29, 1.82) is 0 Å². The predicted molar refractivity (Wildman–Crippen MR) is 86.1 cm³/mol. The molecule has 0 radical (unpaired) electrons. The van der Waals surface area contributed by atoms with Crippen LogP contribution >= 0.6 is 15.9 Å². The lowest BCUT2D eigenvalue weighted by atomic mass is 9.95. The van der Waals surface area contributed by atoms with E-state index in [0.717, 1.165) is 27.2 Å². The van der Waals surface area contributed by atoms with Gasteiger partial charge in [-0.2, -0.15) is 0 Å². The Bertz CT molecular complexity index is 647. The Balaban J connectivity index is 2.68. The number of aryl methyl sites for hydroxylation is 1. The van der Waals surface area contributed by atoms with E-state index in [1.165, 1.54) is 5.56 Å². The zero-order valence-corrected chi connectivity index (χ0v) is 14.1. The maximum Gasteiger partial charge on any atom is 0.201 e. The molecule has 0 aliphatic carbocycles. The van der Waals surface area contributed by atoms with E-state index in [-0.39, 0.29) is 0 Å². The van der Waals surface area contributed by atoms with Crippen molar-refractivity contribution in [2.45, 2.75) is 26.7 Å². The van der Waals surface area contributed by atoms with Crippen molar-refractivity contribution < 1.29 is 4.74 Å². The van der Waals surface area contributed by atoms with Gasteiger partial charge in [0.15, 0.2) is 0 Å². The standard InChI is InChI=1S/C15H20BrN3O/c1-8(2)10-7-11(9(3)6-12(10)20-5)13-14(16)19(4)15(17)18-13/h6-8H,1-5H3,(H2,17,18). The number of nitrogen functional groups attached to an aromatic ring is 1. The molecule has 1 aromatic carbocycles. The van der Waals surface area contributed by atoms with Crippen LogP contribution in [0, 0.1) is 6.92 Å². The Morgan fingerprint density at radius 1 is 1.35 bits per heavy atom. The Labute approximate surface area is 128 Å². The third-order valence-electron chi connectivity index (χ3n) is 3.51. The fourth-order valence-corrected chi connectivity index (χ4v) is 2.73. The van der Waals surface area contributed by atoms with E-state index < -0.39 is 0 Å². The summed E-state index contributed by atoms with van der Waals surface area (Å²) in [5.41, 5.74) is 10.1. The van der Waals surface area contributed by atoms with Gasteiger partial charge in [-0.05, 0) is 52.0 Å². The van der Waals surface area contributed by atoms with Crippen LogP contribution < -0.4 is 10.5 Å². The molecule has 5 heteroatoms. The Morgan fingerprint density at radius 2 is 2.00 bits per heavy atom. The number of ether oxygens (including phenoxy) is 1. The van der Waals surface area contributed by atoms with Gasteiger partial charge in [-0.3, -0.25) is 0 Å². The smallest absolute Gasteiger partial charge is 0.201 e. The van der Waals surface area contributed by atoms with E-state index in [4.69, 9.17) is 10.5 Å². The molecule has 0 aliphatic rings. The minimum absolute atomic E-state index is 0.379. The second-order valence-corrected chi connectivity index (χ2v) is 5.98. The van der Waals surface area contributed by atoms with Crippen LogP contribution in [-0.4, -0.2) is 16.7 Å². The zero-order valence-electron chi connectivity index (χ0n) is 12.5. The monoisotopic (exact) mass is 337 g/mol. The van der Waals surface area contributed by atoms with Crippen LogP contribution in [0.3, 0.4) is 0 Å². The maximum absolute atomic E-state index is 5.88. The van der Waals surface area contributed by atoms with Crippen LogP contribution in [0.25, 0.3) is 11.3 Å². The van der Waals surface area contributed by atoms with Gasteiger partial charge >= 0.3 is 0 Å². The molecule has 0 saturated heterocycles. The first kappa shape index (κ1) is 14.9. The van der Waals surface area contributed by atoms with E-state index in [0.29, 0.717) is 11.9 Å². The fraction of sp³-hybridized carbons (Fsp3) is 0.400. The van der Waals surface area contributed by atoms with Crippen molar-refractivity contribution in [2.75, 3.05) is 12.8 Å². The maximum atomic E-state index is 5.88. The summed E-state index contributed by atoms with van der Waals surface area (Å²) >= 11 is 3.56. The van der Waals surface area contributed by atoms with Crippen LogP contribution in [0.1, 0.15) is 30.9 Å². The highest BCUT2D eigenvalue weighted by Crippen LogP contribution is 2.37. The molecule has 0 aliphatic heterocycles. The number of nitrogens with two attached hydrogens (primary N) is 1. The van der Waals surface area contributed by atoms with E-state index in [2.05, 4.69) is 53.8 Å².